The number of aryl methyl sites for hydroxylation is 1. The van der Waals surface area contributed by atoms with Gasteiger partial charge in [0, 0.05) is 12.1 Å². The van der Waals surface area contributed by atoms with E-state index in [0.717, 1.165) is 16.8 Å². The fourth-order valence-electron chi connectivity index (χ4n) is 2.11. The Labute approximate surface area is 129 Å². The second kappa shape index (κ2) is 6.48. The van der Waals surface area contributed by atoms with Gasteiger partial charge >= 0.3 is 0 Å². The van der Waals surface area contributed by atoms with Crippen LogP contribution in [0, 0.1) is 6.92 Å². The average molecular weight is 303 g/mol. The van der Waals surface area contributed by atoms with E-state index >= 15 is 0 Å². The van der Waals surface area contributed by atoms with Gasteiger partial charge in [0.05, 0.1) is 25.2 Å². The van der Waals surface area contributed by atoms with Gasteiger partial charge in [0.25, 0.3) is 0 Å². The summed E-state index contributed by atoms with van der Waals surface area (Å²) in [5.74, 6) is 0.884. The van der Waals surface area contributed by atoms with Gasteiger partial charge in [-0.25, -0.2) is 9.66 Å². The zero-order valence-corrected chi connectivity index (χ0v) is 13.2. The van der Waals surface area contributed by atoms with Crippen molar-refractivity contribution >= 4 is 12.2 Å². The third-order valence-electron chi connectivity index (χ3n) is 3.05. The number of methoxy groups -OCH3 is 1. The van der Waals surface area contributed by atoms with E-state index in [1.54, 1.807) is 18.5 Å². The van der Waals surface area contributed by atoms with Crippen molar-refractivity contribution in [3.63, 3.8) is 0 Å². The number of imidazole rings is 1. The van der Waals surface area contributed by atoms with Crippen LogP contribution in [0.4, 0.5) is 5.95 Å². The first-order valence-corrected chi connectivity index (χ1v) is 6.81. The van der Waals surface area contributed by atoms with Gasteiger partial charge in [-0.2, -0.15) is 5.10 Å². The maximum atomic E-state index is 10.2. The Morgan fingerprint density at radius 2 is 2.18 bits per heavy atom. The van der Waals surface area contributed by atoms with Crippen LogP contribution >= 0.6 is 0 Å². The molecular weight excluding hydrogens is 282 g/mol. The third kappa shape index (κ3) is 3.56. The van der Waals surface area contributed by atoms with Crippen molar-refractivity contribution in [2.24, 2.45) is 5.10 Å². The molecular formula is C15H21N5O2. The Kier molecular flexibility index (Phi) is 4.67. The standard InChI is InChI=1S/C15H21N5O2/c1-10-8-20(15(16)18-10)17-7-11-5-12(9-19(2)3)14(21)13(6-11)22-4/h5-8,21H,9H2,1-4H3,(H2,16,18). The number of hydrogen-bond acceptors (Lipinski definition) is 6. The Hall–Kier alpha value is -2.54. The van der Waals surface area contributed by atoms with E-state index < -0.39 is 0 Å². The molecule has 0 bridgehead atoms. The van der Waals surface area contributed by atoms with E-state index in [9.17, 15) is 5.11 Å². The molecule has 0 saturated heterocycles. The molecule has 0 fully saturated rings. The summed E-state index contributed by atoms with van der Waals surface area (Å²) in [4.78, 5) is 6.05. The summed E-state index contributed by atoms with van der Waals surface area (Å²) in [7, 11) is 5.38. The zero-order chi connectivity index (χ0) is 16.3. The average Bonchev–Trinajstić information content (AvgIpc) is 2.77. The zero-order valence-electron chi connectivity index (χ0n) is 13.2. The molecule has 7 nitrogen and oxygen atoms in total. The van der Waals surface area contributed by atoms with Crippen molar-refractivity contribution in [2.45, 2.75) is 13.5 Å². The maximum Gasteiger partial charge on any atom is 0.221 e. The molecule has 7 heteroatoms. The van der Waals surface area contributed by atoms with Gasteiger partial charge in [-0.1, -0.05) is 0 Å². The summed E-state index contributed by atoms with van der Waals surface area (Å²) in [6.45, 7) is 2.44. The van der Waals surface area contributed by atoms with E-state index in [1.807, 2.05) is 32.0 Å². The lowest BCUT2D eigenvalue weighted by atomic mass is 10.1. The first kappa shape index (κ1) is 15.8. The summed E-state index contributed by atoms with van der Waals surface area (Å²) in [5.41, 5.74) is 8.11. The van der Waals surface area contributed by atoms with Crippen LogP contribution < -0.4 is 10.5 Å². The predicted molar refractivity (Wildman–Crippen MR) is 86.4 cm³/mol. The van der Waals surface area contributed by atoms with Crippen molar-refractivity contribution in [2.75, 3.05) is 26.9 Å². The van der Waals surface area contributed by atoms with E-state index in [-0.39, 0.29) is 5.75 Å². The lowest BCUT2D eigenvalue weighted by Crippen LogP contribution is -2.11. The minimum absolute atomic E-state index is 0.145. The van der Waals surface area contributed by atoms with Gasteiger partial charge in [-0.3, -0.25) is 0 Å². The number of rotatable bonds is 5. The fourth-order valence-corrected chi connectivity index (χ4v) is 2.11. The highest BCUT2D eigenvalue weighted by Gasteiger charge is 2.11. The Morgan fingerprint density at radius 1 is 1.45 bits per heavy atom. The Bertz CT molecular complexity index is 691. The van der Waals surface area contributed by atoms with E-state index in [2.05, 4.69) is 10.1 Å². The molecule has 0 aliphatic carbocycles. The van der Waals surface area contributed by atoms with Gasteiger partial charge in [0.15, 0.2) is 11.5 Å². The van der Waals surface area contributed by atoms with E-state index in [4.69, 9.17) is 10.5 Å². The molecule has 0 saturated carbocycles. The van der Waals surface area contributed by atoms with Crippen molar-refractivity contribution in [1.29, 1.82) is 0 Å². The lowest BCUT2D eigenvalue weighted by molar-refractivity contribution is 0.354. The number of phenols is 1. The predicted octanol–water partition coefficient (Wildman–Crippen LogP) is 1.43. The maximum absolute atomic E-state index is 10.2. The topological polar surface area (TPSA) is 88.9 Å². The Morgan fingerprint density at radius 3 is 2.73 bits per heavy atom. The first-order chi connectivity index (χ1) is 10.4. The second-order valence-electron chi connectivity index (χ2n) is 5.30. The molecule has 2 aromatic rings. The number of hydrogen-bond donors (Lipinski definition) is 2. The van der Waals surface area contributed by atoms with Crippen LogP contribution in [-0.4, -0.2) is 47.1 Å². The van der Waals surface area contributed by atoms with Crippen LogP contribution in [0.3, 0.4) is 0 Å². The largest absolute Gasteiger partial charge is 0.504 e. The van der Waals surface area contributed by atoms with Crippen LogP contribution in [-0.2, 0) is 6.54 Å². The number of aromatic nitrogens is 2. The summed E-state index contributed by atoms with van der Waals surface area (Å²) in [6, 6.07) is 3.58. The smallest absolute Gasteiger partial charge is 0.221 e. The van der Waals surface area contributed by atoms with Crippen LogP contribution in [0.5, 0.6) is 11.5 Å². The van der Waals surface area contributed by atoms with Crippen LogP contribution in [0.2, 0.25) is 0 Å². The molecule has 1 heterocycles. The Balaban J connectivity index is 2.36. The van der Waals surface area contributed by atoms with Gasteiger partial charge < -0.3 is 20.5 Å². The number of benzene rings is 1. The molecule has 2 rings (SSSR count). The summed E-state index contributed by atoms with van der Waals surface area (Å²) in [5, 5.41) is 14.4. The normalized spacial score (nSPS) is 11.5. The van der Waals surface area contributed by atoms with E-state index in [0.29, 0.717) is 18.2 Å². The molecule has 0 amide bonds. The van der Waals surface area contributed by atoms with Crippen LogP contribution in [0.1, 0.15) is 16.8 Å². The van der Waals surface area contributed by atoms with Crippen molar-refractivity contribution in [3.05, 3.63) is 35.2 Å². The van der Waals surface area contributed by atoms with Crippen molar-refractivity contribution in [1.82, 2.24) is 14.6 Å². The second-order valence-corrected chi connectivity index (χ2v) is 5.30. The minimum atomic E-state index is 0.145. The lowest BCUT2D eigenvalue weighted by Gasteiger charge is -2.14. The molecule has 1 aromatic heterocycles. The minimum Gasteiger partial charge on any atom is -0.504 e. The highest BCUT2D eigenvalue weighted by Crippen LogP contribution is 2.31. The number of phenolic OH excluding ortho intramolecular Hbond substituents is 1. The summed E-state index contributed by atoms with van der Waals surface area (Å²) < 4.78 is 6.71. The van der Waals surface area contributed by atoms with Gasteiger partial charge in [-0.15, -0.1) is 0 Å². The molecule has 0 atom stereocenters. The summed E-state index contributed by atoms with van der Waals surface area (Å²) >= 11 is 0. The molecule has 3 N–H and O–H groups in total. The monoisotopic (exact) mass is 303 g/mol. The number of nitrogen functional groups attached to an aromatic ring is 1. The number of nitrogens with zero attached hydrogens (tertiary/aromatic N) is 4. The highest BCUT2D eigenvalue weighted by molar-refractivity contribution is 5.81. The third-order valence-corrected chi connectivity index (χ3v) is 3.05. The number of aromatic hydroxyl groups is 1. The molecule has 0 aliphatic heterocycles. The van der Waals surface area contributed by atoms with Gasteiger partial charge in [0.2, 0.25) is 5.95 Å². The molecule has 1 aromatic carbocycles. The number of ether oxygens (including phenoxy) is 1. The molecule has 0 unspecified atom stereocenters. The molecule has 0 radical (unpaired) electrons. The van der Waals surface area contributed by atoms with Gasteiger partial charge in [-0.05, 0) is 38.7 Å². The molecule has 0 spiro atoms. The SMILES string of the molecule is COc1cc(C=Nn2cc(C)nc2N)cc(CN(C)C)c1O. The molecule has 22 heavy (non-hydrogen) atoms. The van der Waals surface area contributed by atoms with Crippen molar-refractivity contribution < 1.29 is 9.84 Å². The van der Waals surface area contributed by atoms with Crippen LogP contribution in [0.25, 0.3) is 0 Å². The highest BCUT2D eigenvalue weighted by atomic mass is 16.5. The number of nitrogens with two attached hydrogens (primary N) is 1. The van der Waals surface area contributed by atoms with E-state index in [1.165, 1.54) is 11.8 Å². The molecule has 118 valence electrons. The van der Waals surface area contributed by atoms with Crippen LogP contribution in [0.15, 0.2) is 23.4 Å². The molecule has 0 aliphatic rings. The van der Waals surface area contributed by atoms with Crippen molar-refractivity contribution in [3.8, 4) is 11.5 Å². The fraction of sp³-hybridized carbons (Fsp3) is 0.333. The summed E-state index contributed by atoms with van der Waals surface area (Å²) in [6.07, 6.45) is 3.39. The van der Waals surface area contributed by atoms with Gasteiger partial charge in [0.1, 0.15) is 0 Å². The first-order valence-electron chi connectivity index (χ1n) is 6.81. The number of anilines is 1. The quantitative estimate of drug-likeness (QED) is 0.816.